The fourth-order valence-electron chi connectivity index (χ4n) is 2.27. The molecule has 0 bridgehead atoms. The average molecular weight is 266 g/mol. The highest BCUT2D eigenvalue weighted by Gasteiger charge is 2.29. The zero-order valence-electron chi connectivity index (χ0n) is 12.8. The van der Waals surface area contributed by atoms with E-state index in [1.165, 1.54) is 0 Å². The van der Waals surface area contributed by atoms with E-state index in [0.717, 1.165) is 44.3 Å². The monoisotopic (exact) mass is 266 g/mol. The van der Waals surface area contributed by atoms with E-state index >= 15 is 0 Å². The first-order chi connectivity index (χ1) is 8.82. The Hall–Kier alpha value is -0.940. The highest BCUT2D eigenvalue weighted by Crippen LogP contribution is 2.24. The van der Waals surface area contributed by atoms with Gasteiger partial charge in [-0.15, -0.1) is 10.2 Å². The summed E-state index contributed by atoms with van der Waals surface area (Å²) in [5.74, 6) is 1.46. The summed E-state index contributed by atoms with van der Waals surface area (Å²) in [5.41, 5.74) is 0.208. The Kier molecular flexibility index (Phi) is 3.97. The number of hydrogen-bond donors (Lipinski definition) is 1. The van der Waals surface area contributed by atoms with Crippen LogP contribution >= 0.6 is 0 Å². The molecule has 2 rings (SSSR count). The predicted molar refractivity (Wildman–Crippen MR) is 75.0 cm³/mol. The minimum atomic E-state index is -0.0716. The highest BCUT2D eigenvalue weighted by atomic mass is 16.4. The van der Waals surface area contributed by atoms with Gasteiger partial charge in [-0.3, -0.25) is 4.90 Å². The van der Waals surface area contributed by atoms with E-state index in [2.05, 4.69) is 48.1 Å². The van der Waals surface area contributed by atoms with Crippen molar-refractivity contribution in [1.82, 2.24) is 20.4 Å². The van der Waals surface area contributed by atoms with E-state index in [4.69, 9.17) is 4.42 Å². The molecule has 1 aliphatic rings. The van der Waals surface area contributed by atoms with Crippen molar-refractivity contribution < 1.29 is 4.42 Å². The first-order valence-electron chi connectivity index (χ1n) is 7.06. The summed E-state index contributed by atoms with van der Waals surface area (Å²) in [4.78, 5) is 2.39. The molecular formula is C14H26N4O. The van der Waals surface area contributed by atoms with Crippen molar-refractivity contribution >= 4 is 0 Å². The summed E-state index contributed by atoms with van der Waals surface area (Å²) in [6.07, 6.45) is 2.31. The van der Waals surface area contributed by atoms with Crippen LogP contribution < -0.4 is 5.32 Å². The quantitative estimate of drug-likeness (QED) is 0.906. The number of hydrogen-bond acceptors (Lipinski definition) is 5. The van der Waals surface area contributed by atoms with Gasteiger partial charge in [-0.2, -0.15) is 0 Å². The molecule has 0 atom stereocenters. The summed E-state index contributed by atoms with van der Waals surface area (Å²) in [5, 5.41) is 11.7. The molecule has 5 nitrogen and oxygen atoms in total. The summed E-state index contributed by atoms with van der Waals surface area (Å²) < 4.78 is 5.75. The molecule has 5 heteroatoms. The average Bonchev–Trinajstić information content (AvgIpc) is 2.81. The van der Waals surface area contributed by atoms with Gasteiger partial charge in [0.15, 0.2) is 0 Å². The Labute approximate surface area is 115 Å². The lowest BCUT2D eigenvalue weighted by atomic mass is 9.90. The third-order valence-electron chi connectivity index (χ3n) is 4.03. The van der Waals surface area contributed by atoms with Crippen molar-refractivity contribution in [2.24, 2.45) is 0 Å². The second kappa shape index (κ2) is 5.21. The highest BCUT2D eigenvalue weighted by molar-refractivity contribution is 4.96. The van der Waals surface area contributed by atoms with Crippen LogP contribution in [-0.4, -0.2) is 40.8 Å². The summed E-state index contributed by atoms with van der Waals surface area (Å²) in [6, 6.07) is 0. The minimum absolute atomic E-state index is 0.0716. The molecule has 1 aliphatic heterocycles. The second-order valence-electron chi connectivity index (χ2n) is 6.84. The van der Waals surface area contributed by atoms with Gasteiger partial charge in [0, 0.05) is 24.0 Å². The zero-order chi connectivity index (χ0) is 14.1. The van der Waals surface area contributed by atoms with Gasteiger partial charge in [-0.25, -0.2) is 0 Å². The van der Waals surface area contributed by atoms with Gasteiger partial charge in [0.05, 0.1) is 6.54 Å². The summed E-state index contributed by atoms with van der Waals surface area (Å²) in [6.45, 7) is 11.5. The molecule has 0 aliphatic carbocycles. The van der Waals surface area contributed by atoms with E-state index in [1.54, 1.807) is 0 Å². The van der Waals surface area contributed by atoms with Gasteiger partial charge in [0.1, 0.15) is 0 Å². The van der Waals surface area contributed by atoms with Crippen molar-refractivity contribution in [1.29, 1.82) is 0 Å². The molecule has 0 spiro atoms. The maximum atomic E-state index is 5.75. The second-order valence-corrected chi connectivity index (χ2v) is 6.84. The Morgan fingerprint density at radius 2 is 1.89 bits per heavy atom. The van der Waals surface area contributed by atoms with Crippen molar-refractivity contribution in [3.05, 3.63) is 11.8 Å². The van der Waals surface area contributed by atoms with Crippen LogP contribution in [0.1, 0.15) is 52.3 Å². The minimum Gasteiger partial charge on any atom is -0.423 e. The van der Waals surface area contributed by atoms with E-state index in [-0.39, 0.29) is 11.0 Å². The van der Waals surface area contributed by atoms with Gasteiger partial charge in [-0.1, -0.05) is 20.8 Å². The molecule has 0 saturated carbocycles. The smallest absolute Gasteiger partial charge is 0.230 e. The van der Waals surface area contributed by atoms with E-state index in [9.17, 15) is 0 Å². The summed E-state index contributed by atoms with van der Waals surface area (Å²) in [7, 11) is 2.04. The fourth-order valence-corrected chi connectivity index (χ4v) is 2.27. The molecular weight excluding hydrogens is 240 g/mol. The molecule has 1 fully saturated rings. The van der Waals surface area contributed by atoms with Crippen molar-refractivity contribution in [3.8, 4) is 0 Å². The Morgan fingerprint density at radius 3 is 2.37 bits per heavy atom. The number of rotatable bonds is 3. The lowest BCUT2D eigenvalue weighted by Crippen LogP contribution is -2.49. The van der Waals surface area contributed by atoms with Gasteiger partial charge < -0.3 is 9.73 Å². The van der Waals surface area contributed by atoms with Crippen LogP contribution in [0.15, 0.2) is 4.42 Å². The van der Waals surface area contributed by atoms with Crippen molar-refractivity contribution in [2.45, 2.75) is 58.0 Å². The molecule has 1 N–H and O–H groups in total. The van der Waals surface area contributed by atoms with Gasteiger partial charge in [0.25, 0.3) is 0 Å². The largest absolute Gasteiger partial charge is 0.423 e. The maximum Gasteiger partial charge on any atom is 0.230 e. The van der Waals surface area contributed by atoms with Crippen LogP contribution in [0.4, 0.5) is 0 Å². The molecule has 108 valence electrons. The number of likely N-dealkylation sites (tertiary alicyclic amines) is 1. The van der Waals surface area contributed by atoms with Gasteiger partial charge in [-0.05, 0) is 26.8 Å². The molecule has 0 radical (unpaired) electrons. The van der Waals surface area contributed by atoms with Crippen LogP contribution in [0.25, 0.3) is 0 Å². The SMILES string of the molecule is CNC1(C)CCN(Cc2nnc(C(C)(C)C)o2)CC1. The summed E-state index contributed by atoms with van der Waals surface area (Å²) >= 11 is 0. The molecule has 1 aromatic heterocycles. The Balaban J connectivity index is 1.91. The van der Waals surface area contributed by atoms with Crippen LogP contribution in [0, 0.1) is 0 Å². The van der Waals surface area contributed by atoms with E-state index in [0.29, 0.717) is 0 Å². The number of piperidine rings is 1. The van der Waals surface area contributed by atoms with E-state index in [1.807, 2.05) is 7.05 Å². The van der Waals surface area contributed by atoms with Crippen molar-refractivity contribution in [2.75, 3.05) is 20.1 Å². The molecule has 0 amide bonds. The lowest BCUT2D eigenvalue weighted by Gasteiger charge is -2.38. The van der Waals surface area contributed by atoms with Crippen LogP contribution in [0.2, 0.25) is 0 Å². The molecule has 1 saturated heterocycles. The number of nitrogens with zero attached hydrogens (tertiary/aromatic N) is 3. The zero-order valence-corrected chi connectivity index (χ0v) is 12.8. The topological polar surface area (TPSA) is 54.2 Å². The Morgan fingerprint density at radius 1 is 1.26 bits per heavy atom. The first kappa shape index (κ1) is 14.5. The van der Waals surface area contributed by atoms with E-state index < -0.39 is 0 Å². The standard InChI is InChI=1S/C14H26N4O/c1-13(2,3)12-17-16-11(19-12)10-18-8-6-14(4,15-5)7-9-18/h15H,6-10H2,1-5H3. The first-order valence-corrected chi connectivity index (χ1v) is 7.06. The molecule has 0 unspecified atom stereocenters. The van der Waals surface area contributed by atoms with Gasteiger partial charge in [0.2, 0.25) is 11.8 Å². The van der Waals surface area contributed by atoms with Crippen LogP contribution in [-0.2, 0) is 12.0 Å². The number of aromatic nitrogens is 2. The van der Waals surface area contributed by atoms with Crippen molar-refractivity contribution in [3.63, 3.8) is 0 Å². The third-order valence-corrected chi connectivity index (χ3v) is 4.03. The molecule has 19 heavy (non-hydrogen) atoms. The van der Waals surface area contributed by atoms with Gasteiger partial charge >= 0.3 is 0 Å². The lowest BCUT2D eigenvalue weighted by molar-refractivity contribution is 0.135. The third kappa shape index (κ3) is 3.54. The Bertz CT molecular complexity index is 413. The molecule has 0 aromatic carbocycles. The van der Waals surface area contributed by atoms with Crippen LogP contribution in [0.3, 0.4) is 0 Å². The molecule has 2 heterocycles. The fraction of sp³-hybridized carbons (Fsp3) is 0.857. The normalized spacial score (nSPS) is 20.7. The molecule has 1 aromatic rings. The maximum absolute atomic E-state index is 5.75. The van der Waals surface area contributed by atoms with Crippen LogP contribution in [0.5, 0.6) is 0 Å². The predicted octanol–water partition coefficient (Wildman–Crippen LogP) is 1.94. The number of nitrogens with one attached hydrogen (secondary N) is 1.